The lowest BCUT2D eigenvalue weighted by atomic mass is 10.1. The van der Waals surface area contributed by atoms with Crippen molar-refractivity contribution >= 4 is 17.6 Å². The molecule has 1 aromatic carbocycles. The predicted octanol–water partition coefficient (Wildman–Crippen LogP) is 3.01. The van der Waals surface area contributed by atoms with Gasteiger partial charge in [-0.15, -0.1) is 0 Å². The van der Waals surface area contributed by atoms with Gasteiger partial charge in [-0.1, -0.05) is 23.7 Å². The van der Waals surface area contributed by atoms with Gasteiger partial charge in [0.05, 0.1) is 5.69 Å². The molecule has 23 heavy (non-hydrogen) atoms. The lowest BCUT2D eigenvalue weighted by Crippen LogP contribution is -2.28. The summed E-state index contributed by atoms with van der Waals surface area (Å²) in [6.45, 7) is -0.0942. The normalized spacial score (nSPS) is 13.1. The van der Waals surface area contributed by atoms with Crippen molar-refractivity contribution in [2.45, 2.75) is 18.8 Å². The highest BCUT2D eigenvalue weighted by Crippen LogP contribution is 2.28. The van der Waals surface area contributed by atoms with Crippen LogP contribution in [-0.2, 0) is 24.6 Å². The maximum absolute atomic E-state index is 12.6. The van der Waals surface area contributed by atoms with Crippen molar-refractivity contribution in [3.63, 3.8) is 0 Å². The van der Waals surface area contributed by atoms with E-state index in [2.05, 4.69) is 10.4 Å². The molecule has 0 fully saturated rings. The first-order valence-corrected chi connectivity index (χ1v) is 6.88. The van der Waals surface area contributed by atoms with Crippen molar-refractivity contribution in [1.29, 1.82) is 0 Å². The number of carboxylic acid groups (broad SMARTS) is 1. The topological polar surface area (TPSA) is 67.2 Å². The molecule has 0 saturated carbocycles. The molecule has 0 aliphatic rings. The minimum Gasteiger partial charge on any atom is -0.480 e. The van der Waals surface area contributed by atoms with Gasteiger partial charge in [0.15, 0.2) is 5.69 Å². The van der Waals surface area contributed by atoms with Crippen LogP contribution in [0.4, 0.5) is 13.2 Å². The number of aromatic nitrogens is 2. The first-order valence-electron chi connectivity index (χ1n) is 6.50. The Bertz CT molecular complexity index is 716. The molecule has 1 heterocycles. The average Bonchev–Trinajstić information content (AvgIpc) is 2.80. The molecule has 1 unspecified atom stereocenters. The van der Waals surface area contributed by atoms with Crippen molar-refractivity contribution in [2.24, 2.45) is 7.05 Å². The van der Waals surface area contributed by atoms with E-state index in [9.17, 15) is 23.1 Å². The zero-order chi connectivity index (χ0) is 17.2. The molecule has 2 aromatic rings. The van der Waals surface area contributed by atoms with Crippen LogP contribution in [0, 0.1) is 0 Å². The van der Waals surface area contributed by atoms with E-state index >= 15 is 0 Å². The Kier molecular flexibility index (Phi) is 4.96. The van der Waals surface area contributed by atoms with Crippen molar-refractivity contribution in [3.8, 4) is 0 Å². The molecule has 0 aliphatic heterocycles. The van der Waals surface area contributed by atoms with Gasteiger partial charge in [0.25, 0.3) is 0 Å². The highest BCUT2D eigenvalue weighted by molar-refractivity contribution is 6.30. The van der Waals surface area contributed by atoms with Gasteiger partial charge in [-0.2, -0.15) is 18.3 Å². The molecule has 9 heteroatoms. The number of benzene rings is 1. The largest absolute Gasteiger partial charge is 0.480 e. The van der Waals surface area contributed by atoms with Crippen molar-refractivity contribution in [1.82, 2.24) is 15.1 Å². The number of rotatable bonds is 5. The fourth-order valence-electron chi connectivity index (χ4n) is 2.05. The smallest absolute Gasteiger partial charge is 0.435 e. The minimum absolute atomic E-state index is 0.0942. The molecule has 0 spiro atoms. The third-order valence-electron chi connectivity index (χ3n) is 3.18. The fraction of sp³-hybridized carbons (Fsp3) is 0.286. The highest BCUT2D eigenvalue weighted by atomic mass is 35.5. The highest BCUT2D eigenvalue weighted by Gasteiger charge is 2.34. The van der Waals surface area contributed by atoms with Gasteiger partial charge in [-0.05, 0) is 23.8 Å². The summed E-state index contributed by atoms with van der Waals surface area (Å²) < 4.78 is 38.9. The van der Waals surface area contributed by atoms with Crippen molar-refractivity contribution < 1.29 is 23.1 Å². The van der Waals surface area contributed by atoms with Crippen LogP contribution in [0.15, 0.2) is 30.3 Å². The van der Waals surface area contributed by atoms with Gasteiger partial charge < -0.3 is 5.11 Å². The van der Waals surface area contributed by atoms with Crippen LogP contribution in [0.2, 0.25) is 5.02 Å². The Balaban J connectivity index is 2.17. The van der Waals surface area contributed by atoms with E-state index < -0.39 is 23.9 Å². The summed E-state index contributed by atoms with van der Waals surface area (Å²) in [7, 11) is 1.36. The lowest BCUT2D eigenvalue weighted by Gasteiger charge is -2.15. The maximum atomic E-state index is 12.6. The standard InChI is InChI=1S/C14H13ClF3N3O2/c1-21-10(6-11(20-21)14(16,17)18)7-19-12(13(22)23)8-3-2-4-9(15)5-8/h2-6,12,19H,7H2,1H3,(H,22,23). The quantitative estimate of drug-likeness (QED) is 0.872. The average molecular weight is 348 g/mol. The van der Waals surface area contributed by atoms with Gasteiger partial charge in [0.1, 0.15) is 6.04 Å². The maximum Gasteiger partial charge on any atom is 0.435 e. The van der Waals surface area contributed by atoms with Crippen LogP contribution in [0.5, 0.6) is 0 Å². The summed E-state index contributed by atoms with van der Waals surface area (Å²) in [5.74, 6) is -1.16. The molecule has 0 aliphatic carbocycles. The molecular formula is C14H13ClF3N3O2. The molecular weight excluding hydrogens is 335 g/mol. The second kappa shape index (κ2) is 6.59. The second-order valence-electron chi connectivity index (χ2n) is 4.85. The van der Waals surface area contributed by atoms with Gasteiger partial charge in [-0.3, -0.25) is 14.8 Å². The molecule has 0 saturated heterocycles. The Morgan fingerprint density at radius 2 is 2.13 bits per heavy atom. The van der Waals surface area contributed by atoms with Gasteiger partial charge in [0.2, 0.25) is 0 Å². The van der Waals surface area contributed by atoms with E-state index in [1.807, 2.05) is 0 Å². The van der Waals surface area contributed by atoms with Crippen LogP contribution in [0.3, 0.4) is 0 Å². The summed E-state index contributed by atoms with van der Waals surface area (Å²) in [6.07, 6.45) is -4.55. The fourth-order valence-corrected chi connectivity index (χ4v) is 2.25. The summed E-state index contributed by atoms with van der Waals surface area (Å²) in [5.41, 5.74) is -0.403. The van der Waals surface area contributed by atoms with E-state index in [0.717, 1.165) is 10.7 Å². The van der Waals surface area contributed by atoms with E-state index in [0.29, 0.717) is 10.6 Å². The number of nitrogens with zero attached hydrogens (tertiary/aromatic N) is 2. The zero-order valence-electron chi connectivity index (χ0n) is 11.9. The Hall–Kier alpha value is -2.06. The Morgan fingerprint density at radius 1 is 1.43 bits per heavy atom. The van der Waals surface area contributed by atoms with Gasteiger partial charge in [0, 0.05) is 18.6 Å². The number of alkyl halides is 3. The molecule has 1 aromatic heterocycles. The number of halogens is 4. The molecule has 2 N–H and O–H groups in total. The number of aryl methyl sites for hydroxylation is 1. The van der Waals surface area contributed by atoms with Crippen molar-refractivity contribution in [3.05, 3.63) is 52.3 Å². The molecule has 0 amide bonds. The minimum atomic E-state index is -4.55. The summed E-state index contributed by atoms with van der Waals surface area (Å²) in [4.78, 5) is 11.4. The third kappa shape index (κ3) is 4.23. The third-order valence-corrected chi connectivity index (χ3v) is 3.42. The number of aliphatic carboxylic acids is 1. The first-order chi connectivity index (χ1) is 10.7. The summed E-state index contributed by atoms with van der Waals surface area (Å²) in [6, 6.07) is 6.03. The van der Waals surface area contributed by atoms with Crippen LogP contribution in [-0.4, -0.2) is 20.9 Å². The van der Waals surface area contributed by atoms with Crippen molar-refractivity contribution in [2.75, 3.05) is 0 Å². The number of carbonyl (C=O) groups is 1. The number of nitrogens with one attached hydrogen (secondary N) is 1. The zero-order valence-corrected chi connectivity index (χ0v) is 12.7. The Morgan fingerprint density at radius 3 is 2.65 bits per heavy atom. The van der Waals surface area contributed by atoms with Crippen LogP contribution in [0.1, 0.15) is 23.0 Å². The first kappa shape index (κ1) is 17.3. The molecule has 2 rings (SSSR count). The second-order valence-corrected chi connectivity index (χ2v) is 5.29. The van der Waals surface area contributed by atoms with Crippen LogP contribution >= 0.6 is 11.6 Å². The number of hydrogen-bond donors (Lipinski definition) is 2. The van der Waals surface area contributed by atoms with Gasteiger partial charge >= 0.3 is 12.1 Å². The molecule has 5 nitrogen and oxygen atoms in total. The predicted molar refractivity (Wildman–Crippen MR) is 76.9 cm³/mol. The van der Waals surface area contributed by atoms with Gasteiger partial charge in [-0.25, -0.2) is 0 Å². The summed E-state index contributed by atoms with van der Waals surface area (Å²) in [5, 5.41) is 15.7. The monoisotopic (exact) mass is 347 g/mol. The van der Waals surface area contributed by atoms with Crippen LogP contribution < -0.4 is 5.32 Å². The summed E-state index contributed by atoms with van der Waals surface area (Å²) >= 11 is 5.83. The number of hydrogen-bond acceptors (Lipinski definition) is 3. The molecule has 0 radical (unpaired) electrons. The Labute approximate surface area is 134 Å². The van der Waals surface area contributed by atoms with E-state index in [1.54, 1.807) is 18.2 Å². The molecule has 124 valence electrons. The lowest BCUT2D eigenvalue weighted by molar-refractivity contribution is -0.141. The van der Waals surface area contributed by atoms with E-state index in [-0.39, 0.29) is 12.2 Å². The van der Waals surface area contributed by atoms with E-state index in [1.165, 1.54) is 13.1 Å². The van der Waals surface area contributed by atoms with Crippen LogP contribution in [0.25, 0.3) is 0 Å². The van der Waals surface area contributed by atoms with E-state index in [4.69, 9.17) is 11.6 Å². The SMILES string of the molecule is Cn1nc(C(F)(F)F)cc1CNC(C(=O)O)c1cccc(Cl)c1. The molecule has 1 atom stereocenters. The number of carboxylic acids is 1. The molecule has 0 bridgehead atoms.